The van der Waals surface area contributed by atoms with E-state index in [-0.39, 0.29) is 24.1 Å². The Balaban J connectivity index is 1.52. The summed E-state index contributed by atoms with van der Waals surface area (Å²) in [6.07, 6.45) is 1.66. The van der Waals surface area contributed by atoms with Gasteiger partial charge >= 0.3 is 5.97 Å². The van der Waals surface area contributed by atoms with E-state index in [2.05, 4.69) is 10.1 Å². The molecule has 0 radical (unpaired) electrons. The smallest absolute Gasteiger partial charge is 0.335 e. The molecule has 1 aliphatic heterocycles. The summed E-state index contributed by atoms with van der Waals surface area (Å²) in [5, 5.41) is 15.0. The summed E-state index contributed by atoms with van der Waals surface area (Å²) in [7, 11) is 3.53. The largest absolute Gasteiger partial charge is 0.491 e. The highest BCUT2D eigenvalue weighted by Gasteiger charge is 2.31. The van der Waals surface area contributed by atoms with Gasteiger partial charge in [0.2, 0.25) is 0 Å². The molecule has 2 aromatic heterocycles. The summed E-state index contributed by atoms with van der Waals surface area (Å²) in [5.74, 6) is -0.324. The maximum atomic E-state index is 13.3. The molecule has 1 amide bonds. The van der Waals surface area contributed by atoms with E-state index in [0.717, 1.165) is 21.9 Å². The summed E-state index contributed by atoms with van der Waals surface area (Å²) in [6, 6.07) is 9.69. The molecule has 1 aliphatic rings. The van der Waals surface area contributed by atoms with Crippen molar-refractivity contribution in [2.24, 2.45) is 7.05 Å². The molecule has 0 fully saturated rings. The third kappa shape index (κ3) is 2.85. The number of ether oxygens (including phenoxy) is 1. The van der Waals surface area contributed by atoms with Crippen LogP contribution >= 0.6 is 0 Å². The van der Waals surface area contributed by atoms with E-state index in [9.17, 15) is 14.7 Å². The van der Waals surface area contributed by atoms with Gasteiger partial charge in [0.05, 0.1) is 34.2 Å². The average Bonchev–Trinajstić information content (AvgIpc) is 3.36. The molecule has 156 valence electrons. The number of likely N-dealkylation sites (N-methyl/N-ethyl adjacent to an activating group) is 1. The van der Waals surface area contributed by atoms with E-state index in [4.69, 9.17) is 10.5 Å². The summed E-state index contributed by atoms with van der Waals surface area (Å²) in [4.78, 5) is 30.5. The third-order valence-corrected chi connectivity index (χ3v) is 5.76. The lowest BCUT2D eigenvalue weighted by Gasteiger charge is -2.24. The number of hydrogen-bond acceptors (Lipinski definition) is 6. The minimum absolute atomic E-state index is 0.148. The molecule has 3 heterocycles. The molecule has 9 nitrogen and oxygen atoms in total. The van der Waals surface area contributed by atoms with Gasteiger partial charge in [-0.15, -0.1) is 0 Å². The number of anilines is 1. The molecule has 9 heteroatoms. The minimum atomic E-state index is -1.02. The number of carboxylic acids is 1. The number of pyridine rings is 1. The van der Waals surface area contributed by atoms with Crippen molar-refractivity contribution in [3.63, 3.8) is 0 Å². The maximum Gasteiger partial charge on any atom is 0.335 e. The van der Waals surface area contributed by atoms with E-state index < -0.39 is 5.97 Å². The van der Waals surface area contributed by atoms with Gasteiger partial charge < -0.3 is 20.5 Å². The number of nitrogens with two attached hydrogens (primary N) is 1. The van der Waals surface area contributed by atoms with E-state index in [0.29, 0.717) is 22.6 Å². The SMILES string of the molecule is CN(C(=O)c1ccc2nc(N)c3cnn(C)c3c2c1)[C@@H]1COc2cc(C(=O)O)ccc21. The number of rotatable bonds is 3. The predicted molar refractivity (Wildman–Crippen MR) is 114 cm³/mol. The molecular weight excluding hydrogens is 398 g/mol. The molecule has 0 spiro atoms. The quantitative estimate of drug-likeness (QED) is 0.525. The van der Waals surface area contributed by atoms with Gasteiger partial charge in [-0.05, 0) is 30.3 Å². The number of fused-ring (bicyclic) bond motifs is 4. The van der Waals surface area contributed by atoms with E-state index in [1.807, 2.05) is 7.05 Å². The molecule has 0 saturated heterocycles. The Kier molecular flexibility index (Phi) is 4.07. The third-order valence-electron chi connectivity index (χ3n) is 5.76. The van der Waals surface area contributed by atoms with Crippen molar-refractivity contribution >= 4 is 39.5 Å². The van der Waals surface area contributed by atoms with Gasteiger partial charge in [-0.25, -0.2) is 9.78 Å². The zero-order valence-corrected chi connectivity index (χ0v) is 16.9. The highest BCUT2D eigenvalue weighted by Crippen LogP contribution is 2.37. The topological polar surface area (TPSA) is 124 Å². The molecule has 2 aromatic carbocycles. The normalized spacial score (nSPS) is 15.1. The number of nitrogen functional groups attached to an aromatic ring is 1. The van der Waals surface area contributed by atoms with Gasteiger partial charge in [0.15, 0.2) is 0 Å². The van der Waals surface area contributed by atoms with E-state index in [1.54, 1.807) is 47.1 Å². The fourth-order valence-corrected chi connectivity index (χ4v) is 4.08. The first-order valence-corrected chi connectivity index (χ1v) is 9.63. The van der Waals surface area contributed by atoms with Crippen LogP contribution in [0.4, 0.5) is 5.82 Å². The predicted octanol–water partition coefficient (Wildman–Crippen LogP) is 2.61. The molecule has 0 saturated carbocycles. The fourth-order valence-electron chi connectivity index (χ4n) is 4.08. The molecular formula is C22H19N5O4. The van der Waals surface area contributed by atoms with Crippen molar-refractivity contribution in [3.05, 3.63) is 59.3 Å². The summed E-state index contributed by atoms with van der Waals surface area (Å²) >= 11 is 0. The number of benzene rings is 2. The van der Waals surface area contributed by atoms with Crippen molar-refractivity contribution in [2.45, 2.75) is 6.04 Å². The Hall–Kier alpha value is -4.14. The average molecular weight is 417 g/mol. The Morgan fingerprint density at radius 3 is 2.74 bits per heavy atom. The van der Waals surface area contributed by atoms with Crippen LogP contribution in [-0.4, -0.2) is 50.3 Å². The van der Waals surface area contributed by atoms with E-state index >= 15 is 0 Å². The van der Waals surface area contributed by atoms with Gasteiger partial charge in [-0.1, -0.05) is 6.07 Å². The Morgan fingerprint density at radius 2 is 1.97 bits per heavy atom. The van der Waals surface area contributed by atoms with Gasteiger partial charge in [-0.2, -0.15) is 5.10 Å². The second kappa shape index (κ2) is 6.69. The molecule has 0 unspecified atom stereocenters. The fraction of sp³-hybridized carbons (Fsp3) is 0.182. The Bertz CT molecular complexity index is 1390. The van der Waals surface area contributed by atoms with Gasteiger partial charge in [0.25, 0.3) is 5.91 Å². The number of amides is 1. The van der Waals surface area contributed by atoms with Crippen LogP contribution in [0.15, 0.2) is 42.6 Å². The maximum absolute atomic E-state index is 13.3. The zero-order chi connectivity index (χ0) is 21.9. The number of aromatic nitrogens is 3. The number of nitrogens with zero attached hydrogens (tertiary/aromatic N) is 4. The number of carboxylic acid groups (broad SMARTS) is 1. The van der Waals surface area contributed by atoms with Crippen molar-refractivity contribution in [3.8, 4) is 5.75 Å². The van der Waals surface area contributed by atoms with E-state index in [1.165, 1.54) is 12.1 Å². The minimum Gasteiger partial charge on any atom is -0.491 e. The van der Waals surface area contributed by atoms with Crippen LogP contribution in [0.5, 0.6) is 5.75 Å². The second-order valence-corrected chi connectivity index (χ2v) is 7.56. The highest BCUT2D eigenvalue weighted by atomic mass is 16.5. The second-order valence-electron chi connectivity index (χ2n) is 7.56. The molecule has 0 bridgehead atoms. The van der Waals surface area contributed by atoms with Crippen molar-refractivity contribution in [1.82, 2.24) is 19.7 Å². The Labute approximate surface area is 176 Å². The van der Waals surface area contributed by atoms with Crippen LogP contribution in [0.3, 0.4) is 0 Å². The van der Waals surface area contributed by atoms with Crippen LogP contribution in [0.1, 0.15) is 32.3 Å². The van der Waals surface area contributed by atoms with Crippen molar-refractivity contribution in [1.29, 1.82) is 0 Å². The van der Waals surface area contributed by atoms with Gasteiger partial charge in [0, 0.05) is 30.6 Å². The lowest BCUT2D eigenvalue weighted by atomic mass is 10.0. The number of hydrogen-bond donors (Lipinski definition) is 2. The van der Waals surface area contributed by atoms with Crippen LogP contribution in [-0.2, 0) is 7.05 Å². The Morgan fingerprint density at radius 1 is 1.19 bits per heavy atom. The summed E-state index contributed by atoms with van der Waals surface area (Å²) in [6.45, 7) is 0.262. The molecule has 5 rings (SSSR count). The molecule has 1 atom stereocenters. The highest BCUT2D eigenvalue weighted by molar-refractivity contribution is 6.10. The van der Waals surface area contributed by atoms with Crippen LogP contribution < -0.4 is 10.5 Å². The summed E-state index contributed by atoms with van der Waals surface area (Å²) in [5.41, 5.74) is 8.98. The molecule has 0 aliphatic carbocycles. The first-order chi connectivity index (χ1) is 14.8. The number of aryl methyl sites for hydroxylation is 1. The standard InChI is InChI=1S/C22H19N5O4/c1-26(17-10-31-18-8-12(22(29)30)3-5-13(17)18)21(28)11-4-6-16-14(7-11)19-15(20(23)25-16)9-24-27(19)2/h3-9,17H,10H2,1-2H3,(H2,23,25)(H,29,30)/t17-/m1/s1. The lowest BCUT2D eigenvalue weighted by Crippen LogP contribution is -2.32. The van der Waals surface area contributed by atoms with Crippen molar-refractivity contribution in [2.75, 3.05) is 19.4 Å². The zero-order valence-electron chi connectivity index (χ0n) is 16.9. The van der Waals surface area contributed by atoms with Crippen LogP contribution in [0.25, 0.3) is 21.8 Å². The van der Waals surface area contributed by atoms with Crippen molar-refractivity contribution < 1.29 is 19.4 Å². The number of carbonyl (C=O) groups is 2. The molecule has 4 aromatic rings. The van der Waals surface area contributed by atoms with Gasteiger partial charge in [0.1, 0.15) is 18.2 Å². The number of aromatic carboxylic acids is 1. The lowest BCUT2D eigenvalue weighted by molar-refractivity contribution is 0.0693. The first-order valence-electron chi connectivity index (χ1n) is 9.63. The van der Waals surface area contributed by atoms with Crippen LogP contribution in [0.2, 0.25) is 0 Å². The van der Waals surface area contributed by atoms with Gasteiger partial charge in [-0.3, -0.25) is 9.48 Å². The number of carbonyl (C=O) groups excluding carboxylic acids is 1. The monoisotopic (exact) mass is 417 g/mol. The molecule has 3 N–H and O–H groups in total. The summed E-state index contributed by atoms with van der Waals surface area (Å²) < 4.78 is 7.38. The van der Waals surface area contributed by atoms with Crippen LogP contribution in [0, 0.1) is 0 Å². The first kappa shape index (κ1) is 18.9. The molecule has 31 heavy (non-hydrogen) atoms.